The SMILES string of the molecule is CCc1ccc(N2C(=O)C[C@@H](Sc3ccccc3N)C2=O)cc1. The predicted molar refractivity (Wildman–Crippen MR) is 93.4 cm³/mol. The Hall–Kier alpha value is -2.27. The molecule has 0 saturated carbocycles. The lowest BCUT2D eigenvalue weighted by molar-refractivity contribution is -0.121. The van der Waals surface area contributed by atoms with Gasteiger partial charge in [0.05, 0.1) is 10.9 Å². The summed E-state index contributed by atoms with van der Waals surface area (Å²) in [6.07, 6.45) is 1.13. The van der Waals surface area contributed by atoms with E-state index in [0.29, 0.717) is 11.4 Å². The highest BCUT2D eigenvalue weighted by Crippen LogP contribution is 2.36. The Morgan fingerprint density at radius 2 is 1.83 bits per heavy atom. The first-order valence-corrected chi connectivity index (χ1v) is 8.45. The maximum Gasteiger partial charge on any atom is 0.247 e. The largest absolute Gasteiger partial charge is 0.398 e. The minimum absolute atomic E-state index is 0.161. The van der Waals surface area contributed by atoms with Crippen LogP contribution in [0.4, 0.5) is 11.4 Å². The van der Waals surface area contributed by atoms with E-state index >= 15 is 0 Å². The molecule has 2 N–H and O–H groups in total. The summed E-state index contributed by atoms with van der Waals surface area (Å²) in [7, 11) is 0. The second-order valence-electron chi connectivity index (χ2n) is 5.44. The molecule has 23 heavy (non-hydrogen) atoms. The molecule has 5 heteroatoms. The molecule has 1 aliphatic rings. The highest BCUT2D eigenvalue weighted by Gasteiger charge is 2.40. The number of amides is 2. The van der Waals surface area contributed by atoms with E-state index in [1.54, 1.807) is 6.07 Å². The fraction of sp³-hybridized carbons (Fsp3) is 0.222. The number of carbonyl (C=O) groups excluding carboxylic acids is 2. The van der Waals surface area contributed by atoms with Gasteiger partial charge in [-0.15, -0.1) is 11.8 Å². The average Bonchev–Trinajstić information content (AvgIpc) is 2.84. The molecule has 0 unspecified atom stereocenters. The highest BCUT2D eigenvalue weighted by molar-refractivity contribution is 8.00. The second-order valence-corrected chi connectivity index (χ2v) is 6.68. The molecule has 4 nitrogen and oxygen atoms in total. The molecular weight excluding hydrogens is 308 g/mol. The van der Waals surface area contributed by atoms with Crippen LogP contribution in [0.25, 0.3) is 0 Å². The van der Waals surface area contributed by atoms with Gasteiger partial charge in [0.1, 0.15) is 0 Å². The molecule has 1 atom stereocenters. The van der Waals surface area contributed by atoms with Crippen LogP contribution in [0, 0.1) is 0 Å². The number of thioether (sulfide) groups is 1. The predicted octanol–water partition coefficient (Wildman–Crippen LogP) is 3.26. The summed E-state index contributed by atoms with van der Waals surface area (Å²) in [6.45, 7) is 2.07. The molecule has 1 aliphatic heterocycles. The number of anilines is 2. The van der Waals surface area contributed by atoms with Gasteiger partial charge in [0.25, 0.3) is 0 Å². The molecule has 2 aromatic carbocycles. The van der Waals surface area contributed by atoms with Crippen LogP contribution in [0.15, 0.2) is 53.4 Å². The summed E-state index contributed by atoms with van der Waals surface area (Å²) in [4.78, 5) is 27.0. The molecule has 3 rings (SSSR count). The highest BCUT2D eigenvalue weighted by atomic mass is 32.2. The van der Waals surface area contributed by atoms with Crippen molar-refractivity contribution in [2.75, 3.05) is 10.6 Å². The summed E-state index contributed by atoms with van der Waals surface area (Å²) < 4.78 is 0. The molecule has 1 heterocycles. The van der Waals surface area contributed by atoms with Gasteiger partial charge in [-0.05, 0) is 36.2 Å². The van der Waals surface area contributed by atoms with Gasteiger partial charge in [-0.3, -0.25) is 9.59 Å². The van der Waals surface area contributed by atoms with Crippen LogP contribution in [0.2, 0.25) is 0 Å². The number of benzene rings is 2. The summed E-state index contributed by atoms with van der Waals surface area (Å²) >= 11 is 1.36. The van der Waals surface area contributed by atoms with E-state index in [0.717, 1.165) is 11.3 Å². The zero-order valence-electron chi connectivity index (χ0n) is 12.9. The molecule has 0 bridgehead atoms. The summed E-state index contributed by atoms with van der Waals surface area (Å²) in [6, 6.07) is 15.0. The van der Waals surface area contributed by atoms with Gasteiger partial charge in [0.15, 0.2) is 0 Å². The van der Waals surface area contributed by atoms with Gasteiger partial charge in [0, 0.05) is 17.0 Å². The molecule has 0 aliphatic carbocycles. The normalized spacial score (nSPS) is 17.8. The van der Waals surface area contributed by atoms with Crippen LogP contribution < -0.4 is 10.6 Å². The second kappa shape index (κ2) is 6.46. The third kappa shape index (κ3) is 3.10. The van der Waals surface area contributed by atoms with Crippen LogP contribution in [0.3, 0.4) is 0 Å². The van der Waals surface area contributed by atoms with Gasteiger partial charge in [-0.25, -0.2) is 4.90 Å². The molecule has 1 fully saturated rings. The Morgan fingerprint density at radius 1 is 1.13 bits per heavy atom. The lowest BCUT2D eigenvalue weighted by Crippen LogP contribution is -2.31. The van der Waals surface area contributed by atoms with Crippen molar-refractivity contribution in [2.24, 2.45) is 0 Å². The number of para-hydroxylation sites is 1. The molecule has 0 aromatic heterocycles. The molecule has 1 saturated heterocycles. The van der Waals surface area contributed by atoms with Gasteiger partial charge in [0.2, 0.25) is 11.8 Å². The first-order chi connectivity index (χ1) is 11.1. The van der Waals surface area contributed by atoms with Gasteiger partial charge in [-0.2, -0.15) is 0 Å². The third-order valence-electron chi connectivity index (χ3n) is 3.90. The third-order valence-corrected chi connectivity index (χ3v) is 5.17. The molecule has 0 spiro atoms. The minimum Gasteiger partial charge on any atom is -0.398 e. The van der Waals surface area contributed by atoms with Crippen LogP contribution in [0.1, 0.15) is 18.9 Å². The van der Waals surface area contributed by atoms with E-state index in [2.05, 4.69) is 6.92 Å². The molecule has 2 aromatic rings. The Bertz CT molecular complexity index is 743. The maximum absolute atomic E-state index is 12.6. The number of nitrogen functional groups attached to an aromatic ring is 1. The van der Waals surface area contributed by atoms with Crippen LogP contribution in [-0.2, 0) is 16.0 Å². The summed E-state index contributed by atoms with van der Waals surface area (Å²) in [5.74, 6) is -0.334. The van der Waals surface area contributed by atoms with Gasteiger partial charge < -0.3 is 5.73 Å². The molecule has 2 amide bonds. The zero-order valence-corrected chi connectivity index (χ0v) is 13.7. The number of aryl methyl sites for hydroxylation is 1. The number of hydrogen-bond donors (Lipinski definition) is 1. The van der Waals surface area contributed by atoms with Crippen molar-refractivity contribution < 1.29 is 9.59 Å². The van der Waals surface area contributed by atoms with Gasteiger partial charge in [-0.1, -0.05) is 31.2 Å². The number of imide groups is 1. The van der Waals surface area contributed by atoms with Crippen LogP contribution in [0.5, 0.6) is 0 Å². The molecule has 0 radical (unpaired) electrons. The average molecular weight is 326 g/mol. The fourth-order valence-corrected chi connectivity index (χ4v) is 3.69. The van der Waals surface area contributed by atoms with Crippen molar-refractivity contribution in [3.8, 4) is 0 Å². The van der Waals surface area contributed by atoms with Crippen LogP contribution in [-0.4, -0.2) is 17.1 Å². The quantitative estimate of drug-likeness (QED) is 0.692. The standard InChI is InChI=1S/C18H18N2O2S/c1-2-12-7-9-13(10-8-12)20-17(21)11-16(18(20)22)23-15-6-4-3-5-14(15)19/h3-10,16H,2,11,19H2,1H3/t16-/m1/s1. The number of hydrogen-bond acceptors (Lipinski definition) is 4. The number of rotatable bonds is 4. The smallest absolute Gasteiger partial charge is 0.247 e. The van der Waals surface area contributed by atoms with E-state index in [1.807, 2.05) is 42.5 Å². The van der Waals surface area contributed by atoms with E-state index in [-0.39, 0.29) is 18.2 Å². The molecular formula is C18H18N2O2S. The van der Waals surface area contributed by atoms with E-state index in [4.69, 9.17) is 5.73 Å². The van der Waals surface area contributed by atoms with E-state index in [1.165, 1.54) is 22.2 Å². The number of nitrogens with two attached hydrogens (primary N) is 1. The van der Waals surface area contributed by atoms with E-state index < -0.39 is 5.25 Å². The summed E-state index contributed by atoms with van der Waals surface area (Å²) in [5, 5.41) is -0.418. The zero-order chi connectivity index (χ0) is 16.4. The lowest BCUT2D eigenvalue weighted by atomic mass is 10.1. The van der Waals surface area contributed by atoms with Crippen molar-refractivity contribution in [1.29, 1.82) is 0 Å². The lowest BCUT2D eigenvalue weighted by Gasteiger charge is -2.15. The Labute approximate surface area is 139 Å². The van der Waals surface area contributed by atoms with Crippen LogP contribution >= 0.6 is 11.8 Å². The first kappa shape index (κ1) is 15.6. The summed E-state index contributed by atoms with van der Waals surface area (Å²) in [5.41, 5.74) is 8.37. The monoisotopic (exact) mass is 326 g/mol. The van der Waals surface area contributed by atoms with Crippen molar-refractivity contribution in [3.05, 3.63) is 54.1 Å². The Kier molecular flexibility index (Phi) is 4.39. The van der Waals surface area contributed by atoms with Crippen molar-refractivity contribution in [3.63, 3.8) is 0 Å². The minimum atomic E-state index is -0.418. The van der Waals surface area contributed by atoms with Crippen molar-refractivity contribution in [1.82, 2.24) is 0 Å². The van der Waals surface area contributed by atoms with Crippen molar-refractivity contribution >= 4 is 35.0 Å². The Morgan fingerprint density at radius 3 is 2.48 bits per heavy atom. The Balaban J connectivity index is 1.80. The number of carbonyl (C=O) groups is 2. The number of nitrogens with zero attached hydrogens (tertiary/aromatic N) is 1. The topological polar surface area (TPSA) is 63.4 Å². The van der Waals surface area contributed by atoms with Crippen molar-refractivity contribution in [2.45, 2.75) is 29.9 Å². The van der Waals surface area contributed by atoms with E-state index in [9.17, 15) is 9.59 Å². The fourth-order valence-electron chi connectivity index (χ4n) is 2.59. The van der Waals surface area contributed by atoms with Gasteiger partial charge >= 0.3 is 0 Å². The molecule has 118 valence electrons. The first-order valence-electron chi connectivity index (χ1n) is 7.57. The maximum atomic E-state index is 12.6.